The number of rotatable bonds is 4. The molecule has 4 nitrogen and oxygen atoms in total. The standard InChI is InChI=1S/C16H14ClF3N2O2/c1-10(11-3-2-4-13(17)7-11)21-14(23)9-22-8-12(16(18,19)20)5-6-15(22)24/h2-8,10H,9H2,1H3,(H,21,23). The van der Waals surface area contributed by atoms with Crippen molar-refractivity contribution < 1.29 is 18.0 Å². The average molecular weight is 359 g/mol. The zero-order valence-corrected chi connectivity index (χ0v) is 13.4. The van der Waals surface area contributed by atoms with Crippen LogP contribution >= 0.6 is 11.6 Å². The number of halogens is 4. The maximum absolute atomic E-state index is 12.7. The van der Waals surface area contributed by atoms with Crippen molar-refractivity contribution in [2.75, 3.05) is 0 Å². The topological polar surface area (TPSA) is 51.1 Å². The molecule has 1 aromatic carbocycles. The second kappa shape index (κ2) is 7.09. The molecule has 0 aliphatic carbocycles. The predicted molar refractivity (Wildman–Crippen MR) is 83.7 cm³/mol. The molecule has 1 unspecified atom stereocenters. The highest BCUT2D eigenvalue weighted by Crippen LogP contribution is 2.28. The van der Waals surface area contributed by atoms with Gasteiger partial charge in [0.25, 0.3) is 5.56 Å². The van der Waals surface area contributed by atoms with Gasteiger partial charge in [-0.3, -0.25) is 9.59 Å². The molecule has 1 N–H and O–H groups in total. The molecule has 8 heteroatoms. The Kier molecular flexibility index (Phi) is 5.33. The molecule has 1 heterocycles. The summed E-state index contributed by atoms with van der Waals surface area (Å²) in [4.78, 5) is 23.6. The summed E-state index contributed by atoms with van der Waals surface area (Å²) < 4.78 is 38.8. The SMILES string of the molecule is CC(NC(=O)Cn1cc(C(F)(F)F)ccc1=O)c1cccc(Cl)c1. The van der Waals surface area contributed by atoms with E-state index in [1.165, 1.54) is 0 Å². The van der Waals surface area contributed by atoms with E-state index in [0.29, 0.717) is 17.3 Å². The molecule has 0 aliphatic rings. The summed E-state index contributed by atoms with van der Waals surface area (Å²) in [7, 11) is 0. The fraction of sp³-hybridized carbons (Fsp3) is 0.250. The number of nitrogens with one attached hydrogen (secondary N) is 1. The minimum Gasteiger partial charge on any atom is -0.348 e. The van der Waals surface area contributed by atoms with Crippen LogP contribution in [-0.2, 0) is 17.5 Å². The summed E-state index contributed by atoms with van der Waals surface area (Å²) >= 11 is 5.87. The highest BCUT2D eigenvalue weighted by Gasteiger charge is 2.31. The first-order valence-electron chi connectivity index (χ1n) is 6.99. The molecule has 1 amide bonds. The van der Waals surface area contributed by atoms with Crippen molar-refractivity contribution in [3.63, 3.8) is 0 Å². The fourth-order valence-electron chi connectivity index (χ4n) is 2.12. The van der Waals surface area contributed by atoms with Gasteiger partial charge in [0.1, 0.15) is 6.54 Å². The molecule has 0 aliphatic heterocycles. The van der Waals surface area contributed by atoms with E-state index < -0.39 is 35.8 Å². The van der Waals surface area contributed by atoms with Crippen LogP contribution < -0.4 is 10.9 Å². The van der Waals surface area contributed by atoms with Crippen LogP contribution in [0.4, 0.5) is 13.2 Å². The van der Waals surface area contributed by atoms with Crippen LogP contribution in [-0.4, -0.2) is 10.5 Å². The molecule has 0 saturated heterocycles. The largest absolute Gasteiger partial charge is 0.417 e. The van der Waals surface area contributed by atoms with Gasteiger partial charge in [0.05, 0.1) is 11.6 Å². The highest BCUT2D eigenvalue weighted by molar-refractivity contribution is 6.30. The zero-order valence-electron chi connectivity index (χ0n) is 12.6. The summed E-state index contributed by atoms with van der Waals surface area (Å²) in [6, 6.07) is 7.90. The van der Waals surface area contributed by atoms with Crippen LogP contribution in [0.5, 0.6) is 0 Å². The van der Waals surface area contributed by atoms with E-state index in [9.17, 15) is 22.8 Å². The first-order valence-corrected chi connectivity index (χ1v) is 7.37. The van der Waals surface area contributed by atoms with Crippen molar-refractivity contribution in [2.45, 2.75) is 25.7 Å². The normalized spacial score (nSPS) is 12.7. The van der Waals surface area contributed by atoms with E-state index in [4.69, 9.17) is 11.6 Å². The zero-order chi connectivity index (χ0) is 17.9. The molecule has 0 spiro atoms. The lowest BCUT2D eigenvalue weighted by Crippen LogP contribution is -2.34. The molecule has 24 heavy (non-hydrogen) atoms. The first-order chi connectivity index (χ1) is 11.2. The molecule has 2 aromatic rings. The van der Waals surface area contributed by atoms with Gasteiger partial charge in [0.15, 0.2) is 0 Å². The molecule has 0 saturated carbocycles. The van der Waals surface area contributed by atoms with Crippen molar-refractivity contribution >= 4 is 17.5 Å². The minimum atomic E-state index is -4.58. The van der Waals surface area contributed by atoms with Crippen LogP contribution in [0.2, 0.25) is 5.02 Å². The van der Waals surface area contributed by atoms with Crippen molar-refractivity contribution in [3.05, 3.63) is 69.1 Å². The van der Waals surface area contributed by atoms with E-state index in [0.717, 1.165) is 16.2 Å². The fourth-order valence-corrected chi connectivity index (χ4v) is 2.32. The third-order valence-corrected chi connectivity index (χ3v) is 3.59. The van der Waals surface area contributed by atoms with Crippen LogP contribution in [0.25, 0.3) is 0 Å². The van der Waals surface area contributed by atoms with Crippen LogP contribution in [0.15, 0.2) is 47.4 Å². The van der Waals surface area contributed by atoms with Gasteiger partial charge in [-0.2, -0.15) is 13.2 Å². The van der Waals surface area contributed by atoms with Crippen molar-refractivity contribution in [3.8, 4) is 0 Å². The Morgan fingerprint density at radius 2 is 2.00 bits per heavy atom. The number of hydrogen-bond donors (Lipinski definition) is 1. The van der Waals surface area contributed by atoms with Gasteiger partial charge >= 0.3 is 6.18 Å². The second-order valence-corrected chi connectivity index (χ2v) is 5.66. The van der Waals surface area contributed by atoms with E-state index >= 15 is 0 Å². The van der Waals surface area contributed by atoms with Gasteiger partial charge in [-0.15, -0.1) is 0 Å². The second-order valence-electron chi connectivity index (χ2n) is 5.23. The number of amides is 1. The van der Waals surface area contributed by atoms with Crippen molar-refractivity contribution in [1.29, 1.82) is 0 Å². The summed E-state index contributed by atoms with van der Waals surface area (Å²) in [6.45, 7) is 1.20. The van der Waals surface area contributed by atoms with Gasteiger partial charge < -0.3 is 9.88 Å². The average Bonchev–Trinajstić information content (AvgIpc) is 2.48. The molecule has 2 rings (SSSR count). The third kappa shape index (κ3) is 4.61. The maximum Gasteiger partial charge on any atom is 0.417 e. The molecule has 1 atom stereocenters. The van der Waals surface area contributed by atoms with Gasteiger partial charge in [-0.25, -0.2) is 0 Å². The molecular formula is C16H14ClF3N2O2. The smallest absolute Gasteiger partial charge is 0.348 e. The Balaban J connectivity index is 2.11. The molecule has 0 bridgehead atoms. The molecule has 0 radical (unpaired) electrons. The van der Waals surface area contributed by atoms with Crippen LogP contribution in [0.1, 0.15) is 24.1 Å². The first kappa shape index (κ1) is 18.1. The highest BCUT2D eigenvalue weighted by atomic mass is 35.5. The quantitative estimate of drug-likeness (QED) is 0.910. The van der Waals surface area contributed by atoms with E-state index in [1.807, 2.05) is 0 Å². The number of aromatic nitrogens is 1. The molecular weight excluding hydrogens is 345 g/mol. The Hall–Kier alpha value is -2.28. The van der Waals surface area contributed by atoms with Crippen LogP contribution in [0, 0.1) is 0 Å². The Labute approximate surface area is 140 Å². The van der Waals surface area contributed by atoms with Gasteiger partial charge in [-0.1, -0.05) is 23.7 Å². The number of nitrogens with zero attached hydrogens (tertiary/aromatic N) is 1. The molecule has 0 fully saturated rings. The predicted octanol–water partition coefficient (Wildman–Crippen LogP) is 3.40. The Bertz CT molecular complexity index is 802. The lowest BCUT2D eigenvalue weighted by molar-refractivity contribution is -0.138. The lowest BCUT2D eigenvalue weighted by atomic mass is 10.1. The number of carbonyl (C=O) groups is 1. The number of hydrogen-bond acceptors (Lipinski definition) is 2. The number of carbonyl (C=O) groups excluding carboxylic acids is 1. The van der Waals surface area contributed by atoms with E-state index in [1.54, 1.807) is 31.2 Å². The van der Waals surface area contributed by atoms with E-state index in [2.05, 4.69) is 5.32 Å². The number of benzene rings is 1. The summed E-state index contributed by atoms with van der Waals surface area (Å²) in [6.07, 6.45) is -3.95. The Morgan fingerprint density at radius 3 is 2.62 bits per heavy atom. The molecule has 1 aromatic heterocycles. The van der Waals surface area contributed by atoms with Gasteiger partial charge in [0.2, 0.25) is 5.91 Å². The number of alkyl halides is 3. The monoisotopic (exact) mass is 358 g/mol. The Morgan fingerprint density at radius 1 is 1.29 bits per heavy atom. The third-order valence-electron chi connectivity index (χ3n) is 3.35. The van der Waals surface area contributed by atoms with Gasteiger partial charge in [-0.05, 0) is 30.7 Å². The lowest BCUT2D eigenvalue weighted by Gasteiger charge is -2.16. The van der Waals surface area contributed by atoms with E-state index in [-0.39, 0.29) is 0 Å². The van der Waals surface area contributed by atoms with Crippen molar-refractivity contribution in [1.82, 2.24) is 9.88 Å². The summed E-state index contributed by atoms with van der Waals surface area (Å²) in [5, 5.41) is 3.12. The maximum atomic E-state index is 12.7. The van der Waals surface area contributed by atoms with Crippen LogP contribution in [0.3, 0.4) is 0 Å². The summed E-state index contributed by atoms with van der Waals surface area (Å²) in [5.74, 6) is -0.580. The number of pyridine rings is 1. The molecule has 128 valence electrons. The van der Waals surface area contributed by atoms with Gasteiger partial charge in [0, 0.05) is 17.3 Å². The van der Waals surface area contributed by atoms with Crippen molar-refractivity contribution in [2.24, 2.45) is 0 Å². The minimum absolute atomic E-state index is 0.405. The summed E-state index contributed by atoms with van der Waals surface area (Å²) in [5.41, 5.74) is -0.932.